The van der Waals surface area contributed by atoms with Crippen molar-refractivity contribution in [2.45, 2.75) is 32.5 Å². The van der Waals surface area contributed by atoms with Gasteiger partial charge < -0.3 is 14.5 Å². The summed E-state index contributed by atoms with van der Waals surface area (Å²) in [6.07, 6.45) is 5.18. The van der Waals surface area contributed by atoms with E-state index in [-0.39, 0.29) is 29.4 Å². The third-order valence-electron chi connectivity index (χ3n) is 7.72. The van der Waals surface area contributed by atoms with Crippen LogP contribution in [0.3, 0.4) is 0 Å². The number of rotatable bonds is 8. The fraction of sp³-hybridized carbons (Fsp3) is 0.333. The van der Waals surface area contributed by atoms with Crippen molar-refractivity contribution in [3.05, 3.63) is 102 Å². The van der Waals surface area contributed by atoms with Crippen molar-refractivity contribution in [2.75, 3.05) is 26.2 Å². The number of aromatic amines is 1. The quantitative estimate of drug-likeness (QED) is 0.306. The predicted octanol–water partition coefficient (Wildman–Crippen LogP) is 3.01. The van der Waals surface area contributed by atoms with E-state index in [9.17, 15) is 4.79 Å². The van der Waals surface area contributed by atoms with Crippen molar-refractivity contribution in [1.82, 2.24) is 44.3 Å². The zero-order chi connectivity index (χ0) is 28.3. The van der Waals surface area contributed by atoms with Crippen molar-refractivity contribution in [1.29, 1.82) is 5.41 Å². The van der Waals surface area contributed by atoms with Gasteiger partial charge in [-0.05, 0) is 11.1 Å². The van der Waals surface area contributed by atoms with Gasteiger partial charge in [0.2, 0.25) is 5.91 Å². The molecule has 1 saturated heterocycles. The molecular formula is C30H34N10O. The minimum atomic E-state index is -0.156. The zero-order valence-corrected chi connectivity index (χ0v) is 23.3. The van der Waals surface area contributed by atoms with E-state index in [1.54, 1.807) is 12.7 Å². The standard InChI is InChI=1S/C30H34N10O/c1-21(2)30(41)38-15-13-37(14-16-38)26(22-9-5-3-6-10-22)27(23-11-7-4-8-12-23)40-18-24(35-36-40)17-39-20-34-28(31)25-29(39)33-19-32-25/h3-12,18-21,26-27,31H,13-17H2,1-2H3,(H,32,33). The van der Waals surface area contributed by atoms with E-state index in [2.05, 4.69) is 78.7 Å². The number of nitrogens with one attached hydrogen (secondary N) is 2. The highest BCUT2D eigenvalue weighted by Crippen LogP contribution is 2.37. The largest absolute Gasteiger partial charge is 0.340 e. The summed E-state index contributed by atoms with van der Waals surface area (Å²) in [5.74, 6) is 0.197. The molecule has 2 N–H and O–H groups in total. The summed E-state index contributed by atoms with van der Waals surface area (Å²) in [5.41, 5.74) is 4.46. The molecule has 3 aromatic heterocycles. The number of imidazole rings is 1. The lowest BCUT2D eigenvalue weighted by Gasteiger charge is -2.43. The molecule has 11 heteroatoms. The summed E-state index contributed by atoms with van der Waals surface area (Å²) in [5, 5.41) is 17.3. The van der Waals surface area contributed by atoms with Crippen LogP contribution in [-0.4, -0.2) is 76.4 Å². The first-order valence-electron chi connectivity index (χ1n) is 14.0. The minimum Gasteiger partial charge on any atom is -0.340 e. The Kier molecular flexibility index (Phi) is 7.43. The van der Waals surface area contributed by atoms with E-state index >= 15 is 0 Å². The van der Waals surface area contributed by atoms with Gasteiger partial charge in [0.25, 0.3) is 0 Å². The smallest absolute Gasteiger partial charge is 0.225 e. The van der Waals surface area contributed by atoms with Gasteiger partial charge in [0.15, 0.2) is 11.1 Å². The Bertz CT molecular complexity index is 1670. The number of carbonyl (C=O) groups excluding carboxylic acids is 1. The number of hydrogen-bond donors (Lipinski definition) is 2. The van der Waals surface area contributed by atoms with Crippen molar-refractivity contribution < 1.29 is 4.79 Å². The second kappa shape index (κ2) is 11.5. The second-order valence-electron chi connectivity index (χ2n) is 10.7. The summed E-state index contributed by atoms with van der Waals surface area (Å²) in [6, 6.07) is 20.7. The first kappa shape index (κ1) is 26.6. The maximum atomic E-state index is 12.7. The molecule has 0 radical (unpaired) electrons. The molecule has 11 nitrogen and oxygen atoms in total. The monoisotopic (exact) mass is 550 g/mol. The molecule has 5 aromatic rings. The van der Waals surface area contributed by atoms with Gasteiger partial charge in [0.1, 0.15) is 11.2 Å². The molecule has 2 atom stereocenters. The van der Waals surface area contributed by atoms with E-state index in [1.165, 1.54) is 5.56 Å². The van der Waals surface area contributed by atoms with Crippen LogP contribution in [0.4, 0.5) is 0 Å². The Morgan fingerprint density at radius 2 is 1.59 bits per heavy atom. The van der Waals surface area contributed by atoms with E-state index in [0.29, 0.717) is 30.8 Å². The average Bonchev–Trinajstić information content (AvgIpc) is 3.69. The molecule has 6 rings (SSSR count). The number of amides is 1. The van der Waals surface area contributed by atoms with Crippen molar-refractivity contribution in [3.8, 4) is 0 Å². The summed E-state index contributed by atoms with van der Waals surface area (Å²) in [6.45, 7) is 7.26. The topological polar surface area (TPSA) is 125 Å². The van der Waals surface area contributed by atoms with E-state index in [0.717, 1.165) is 24.3 Å². The first-order valence-corrected chi connectivity index (χ1v) is 14.0. The second-order valence-corrected chi connectivity index (χ2v) is 10.7. The summed E-state index contributed by atoms with van der Waals surface area (Å²) in [7, 11) is 0. The van der Waals surface area contributed by atoms with Crippen LogP contribution < -0.4 is 5.49 Å². The number of nitrogens with zero attached hydrogens (tertiary/aromatic N) is 8. The van der Waals surface area contributed by atoms with Crippen molar-refractivity contribution >= 4 is 17.1 Å². The molecule has 210 valence electrons. The Morgan fingerprint density at radius 3 is 2.24 bits per heavy atom. The van der Waals surface area contributed by atoms with Gasteiger partial charge in [0, 0.05) is 32.1 Å². The lowest BCUT2D eigenvalue weighted by atomic mass is 9.91. The van der Waals surface area contributed by atoms with Crippen LogP contribution >= 0.6 is 0 Å². The van der Waals surface area contributed by atoms with Crippen LogP contribution in [0.15, 0.2) is 79.5 Å². The van der Waals surface area contributed by atoms with Crippen LogP contribution in [-0.2, 0) is 11.3 Å². The molecular weight excluding hydrogens is 516 g/mol. The van der Waals surface area contributed by atoms with Gasteiger partial charge in [-0.1, -0.05) is 79.7 Å². The molecule has 1 aliphatic rings. The van der Waals surface area contributed by atoms with Gasteiger partial charge in [0.05, 0.1) is 37.5 Å². The molecule has 0 spiro atoms. The van der Waals surface area contributed by atoms with Gasteiger partial charge in [-0.2, -0.15) is 0 Å². The van der Waals surface area contributed by atoms with Crippen LogP contribution in [0.5, 0.6) is 0 Å². The Hall–Kier alpha value is -4.64. The third-order valence-corrected chi connectivity index (χ3v) is 7.72. The summed E-state index contributed by atoms with van der Waals surface area (Å²) < 4.78 is 3.83. The summed E-state index contributed by atoms with van der Waals surface area (Å²) >= 11 is 0. The fourth-order valence-electron chi connectivity index (χ4n) is 5.70. The van der Waals surface area contributed by atoms with Gasteiger partial charge in [-0.15, -0.1) is 5.10 Å². The van der Waals surface area contributed by atoms with Crippen LogP contribution in [0.1, 0.15) is 42.8 Å². The highest BCUT2D eigenvalue weighted by molar-refractivity contribution is 5.78. The van der Waals surface area contributed by atoms with Crippen molar-refractivity contribution in [3.63, 3.8) is 0 Å². The highest BCUT2D eigenvalue weighted by atomic mass is 16.2. The van der Waals surface area contributed by atoms with Gasteiger partial charge >= 0.3 is 0 Å². The maximum Gasteiger partial charge on any atom is 0.225 e. The van der Waals surface area contributed by atoms with Crippen LogP contribution in [0, 0.1) is 11.3 Å². The molecule has 2 unspecified atom stereocenters. The number of carbonyl (C=O) groups is 1. The lowest BCUT2D eigenvalue weighted by Crippen LogP contribution is -2.52. The van der Waals surface area contributed by atoms with E-state index < -0.39 is 0 Å². The van der Waals surface area contributed by atoms with E-state index in [4.69, 9.17) is 5.41 Å². The SMILES string of the molecule is CC(C)C(=O)N1CCN(C(c2ccccc2)C(c2ccccc2)n2cc(Cn3cnc(=N)c4[nH]cnc43)nn2)CC1. The predicted molar refractivity (Wildman–Crippen MR) is 154 cm³/mol. The maximum absolute atomic E-state index is 12.7. The number of aromatic nitrogens is 7. The first-order chi connectivity index (χ1) is 20.0. The molecule has 41 heavy (non-hydrogen) atoms. The number of piperazine rings is 1. The average molecular weight is 551 g/mol. The number of fused-ring (bicyclic) bond motifs is 1. The molecule has 2 aromatic carbocycles. The molecule has 0 bridgehead atoms. The summed E-state index contributed by atoms with van der Waals surface area (Å²) in [4.78, 5) is 28.7. The molecule has 0 saturated carbocycles. The molecule has 4 heterocycles. The van der Waals surface area contributed by atoms with Crippen LogP contribution in [0.2, 0.25) is 0 Å². The van der Waals surface area contributed by atoms with Gasteiger partial charge in [-0.25, -0.2) is 14.6 Å². The minimum absolute atomic E-state index is 0.00908. The molecule has 1 amide bonds. The van der Waals surface area contributed by atoms with Gasteiger partial charge in [-0.3, -0.25) is 15.1 Å². The van der Waals surface area contributed by atoms with E-state index in [1.807, 2.05) is 46.3 Å². The Morgan fingerprint density at radius 1 is 0.927 bits per heavy atom. The number of benzene rings is 2. The number of hydrogen-bond acceptors (Lipinski definition) is 7. The molecule has 0 aliphatic carbocycles. The highest BCUT2D eigenvalue weighted by Gasteiger charge is 2.35. The molecule has 1 aliphatic heterocycles. The number of H-pyrrole nitrogens is 1. The lowest BCUT2D eigenvalue weighted by molar-refractivity contribution is -0.136. The van der Waals surface area contributed by atoms with Crippen molar-refractivity contribution in [2.24, 2.45) is 5.92 Å². The third kappa shape index (κ3) is 5.40. The zero-order valence-electron chi connectivity index (χ0n) is 23.3. The van der Waals surface area contributed by atoms with Crippen LogP contribution in [0.25, 0.3) is 11.2 Å². The Labute approximate surface area is 238 Å². The normalized spacial score (nSPS) is 15.8. The molecule has 1 fully saturated rings. The fourth-order valence-corrected chi connectivity index (χ4v) is 5.70. The Balaban J connectivity index is 1.36.